The Labute approximate surface area is 55.0 Å². The van der Waals surface area contributed by atoms with Crippen LogP contribution in [0.25, 0.3) is 0 Å². The van der Waals surface area contributed by atoms with Crippen molar-refractivity contribution in [1.82, 2.24) is 4.67 Å². The van der Waals surface area contributed by atoms with E-state index in [4.69, 9.17) is 11.2 Å². The van der Waals surface area contributed by atoms with E-state index in [1.165, 1.54) is 0 Å². The van der Waals surface area contributed by atoms with Crippen molar-refractivity contribution >= 4 is 17.9 Å². The summed E-state index contributed by atoms with van der Waals surface area (Å²) < 4.78 is 12.5. The molecule has 0 aromatic rings. The summed E-state index contributed by atoms with van der Waals surface area (Å²) >= 11 is 5.54. The molecule has 0 saturated heterocycles. The smallest absolute Gasteiger partial charge is 0.234 e. The van der Waals surface area contributed by atoms with Crippen LogP contribution in [-0.2, 0) is 4.57 Å². The molecule has 0 aliphatic rings. The third-order valence-electron chi connectivity index (χ3n) is 0.987. The second-order valence-electron chi connectivity index (χ2n) is 1.78. The first-order chi connectivity index (χ1) is 3.50. The summed E-state index contributed by atoms with van der Waals surface area (Å²) in [5.74, 6) is 0. The lowest BCUT2D eigenvalue weighted by Crippen LogP contribution is -2.04. The van der Waals surface area contributed by atoms with E-state index in [-0.39, 0.29) is 0 Å². The van der Waals surface area contributed by atoms with E-state index in [1.54, 1.807) is 18.8 Å². The van der Waals surface area contributed by atoms with Gasteiger partial charge in [0.1, 0.15) is 0 Å². The van der Waals surface area contributed by atoms with Gasteiger partial charge in [-0.2, -0.15) is 0 Å². The molecule has 0 aliphatic heterocycles. The van der Waals surface area contributed by atoms with E-state index in [0.29, 0.717) is 6.16 Å². The zero-order valence-corrected chi connectivity index (χ0v) is 7.04. The van der Waals surface area contributed by atoms with Gasteiger partial charge < -0.3 is 0 Å². The molecule has 2 nitrogen and oxygen atoms in total. The molecule has 4 heteroatoms. The van der Waals surface area contributed by atoms with Crippen LogP contribution in [0.1, 0.15) is 6.92 Å². The van der Waals surface area contributed by atoms with Crippen molar-refractivity contribution in [1.29, 1.82) is 0 Å². The SMILES string of the molecule is CCP(=O)(Cl)N(C)C. The van der Waals surface area contributed by atoms with Crippen LogP contribution in [0.15, 0.2) is 0 Å². The van der Waals surface area contributed by atoms with Gasteiger partial charge in [0, 0.05) is 6.16 Å². The van der Waals surface area contributed by atoms with Crippen molar-refractivity contribution in [2.75, 3.05) is 20.3 Å². The van der Waals surface area contributed by atoms with Gasteiger partial charge in [-0.3, -0.25) is 4.57 Å². The van der Waals surface area contributed by atoms with Crippen LogP contribution in [0, 0.1) is 0 Å². The average Bonchev–Trinajstić information content (AvgIpc) is 1.67. The molecule has 0 aromatic carbocycles. The fraction of sp³-hybridized carbons (Fsp3) is 1.00. The van der Waals surface area contributed by atoms with E-state index < -0.39 is 6.65 Å². The number of hydrogen-bond acceptors (Lipinski definition) is 1. The first-order valence-electron chi connectivity index (χ1n) is 2.47. The predicted molar refractivity (Wildman–Crippen MR) is 37.7 cm³/mol. The summed E-state index contributed by atoms with van der Waals surface area (Å²) in [7, 11) is 3.44. The fourth-order valence-electron chi connectivity index (χ4n) is 0.283. The molecule has 0 fully saturated rings. The van der Waals surface area contributed by atoms with Crippen molar-refractivity contribution in [3.8, 4) is 0 Å². The highest BCUT2D eigenvalue weighted by Gasteiger charge is 2.16. The van der Waals surface area contributed by atoms with Crippen LogP contribution >= 0.6 is 17.9 Å². The lowest BCUT2D eigenvalue weighted by molar-refractivity contribution is 0.530. The summed E-state index contributed by atoms with van der Waals surface area (Å²) in [5.41, 5.74) is 0. The van der Waals surface area contributed by atoms with Crippen molar-refractivity contribution < 1.29 is 4.57 Å². The minimum Gasteiger partial charge on any atom is -0.289 e. The van der Waals surface area contributed by atoms with E-state index >= 15 is 0 Å². The molecule has 0 amide bonds. The lowest BCUT2D eigenvalue weighted by atomic mass is 11.0. The summed E-state index contributed by atoms with van der Waals surface area (Å²) in [6.45, 7) is -0.627. The Morgan fingerprint density at radius 1 is 1.62 bits per heavy atom. The number of nitrogens with zero attached hydrogens (tertiary/aromatic N) is 1. The van der Waals surface area contributed by atoms with Crippen LogP contribution in [0.2, 0.25) is 0 Å². The van der Waals surface area contributed by atoms with Crippen LogP contribution in [0.3, 0.4) is 0 Å². The lowest BCUT2D eigenvalue weighted by Gasteiger charge is -2.14. The van der Waals surface area contributed by atoms with E-state index in [9.17, 15) is 4.57 Å². The summed E-state index contributed by atoms with van der Waals surface area (Å²) in [4.78, 5) is 0. The molecular formula is C4H11ClNOP. The summed E-state index contributed by atoms with van der Waals surface area (Å²) in [6.07, 6.45) is 0.529. The largest absolute Gasteiger partial charge is 0.289 e. The fourth-order valence-corrected chi connectivity index (χ4v) is 0.849. The van der Waals surface area contributed by atoms with E-state index in [0.717, 1.165) is 0 Å². The number of hydrogen-bond donors (Lipinski definition) is 0. The standard InChI is InChI=1S/C4H11ClNOP/c1-4-8(5,7)6(2)3/h4H2,1-3H3. The molecule has 1 atom stereocenters. The van der Waals surface area contributed by atoms with Crippen molar-refractivity contribution in [3.05, 3.63) is 0 Å². The average molecular weight is 156 g/mol. The quantitative estimate of drug-likeness (QED) is 0.569. The molecule has 0 aromatic heterocycles. The maximum atomic E-state index is 11.0. The normalized spacial score (nSPS) is 18.6. The third kappa shape index (κ3) is 2.17. The van der Waals surface area contributed by atoms with Crippen LogP contribution in [0.5, 0.6) is 0 Å². The summed E-state index contributed by atoms with van der Waals surface area (Å²) in [5, 5.41) is 0. The van der Waals surface area contributed by atoms with Crippen molar-refractivity contribution in [2.24, 2.45) is 0 Å². The second kappa shape index (κ2) is 2.86. The molecule has 0 N–H and O–H groups in total. The maximum Gasteiger partial charge on any atom is 0.234 e. The molecule has 0 radical (unpaired) electrons. The Morgan fingerprint density at radius 3 is 2.00 bits per heavy atom. The van der Waals surface area contributed by atoms with Crippen molar-refractivity contribution in [2.45, 2.75) is 6.92 Å². The first-order valence-corrected chi connectivity index (χ1v) is 5.22. The van der Waals surface area contributed by atoms with Gasteiger partial charge in [0.05, 0.1) is 0 Å². The Balaban J connectivity index is 3.93. The monoisotopic (exact) mass is 155 g/mol. The highest BCUT2D eigenvalue weighted by Crippen LogP contribution is 2.52. The molecule has 0 aliphatic carbocycles. The Bertz CT molecular complexity index is 115. The first kappa shape index (κ1) is 8.48. The number of rotatable bonds is 2. The minimum absolute atomic E-state index is 0.529. The van der Waals surface area contributed by atoms with Gasteiger partial charge in [-0.15, -0.1) is 0 Å². The third-order valence-corrected chi connectivity index (χ3v) is 4.59. The van der Waals surface area contributed by atoms with Crippen molar-refractivity contribution in [3.63, 3.8) is 0 Å². The molecule has 0 heterocycles. The van der Waals surface area contributed by atoms with Gasteiger partial charge in [-0.1, -0.05) is 6.92 Å². The van der Waals surface area contributed by atoms with Gasteiger partial charge in [-0.05, 0) is 25.3 Å². The van der Waals surface area contributed by atoms with Gasteiger partial charge in [0.2, 0.25) is 6.65 Å². The molecule has 50 valence electrons. The zero-order valence-electron chi connectivity index (χ0n) is 5.39. The Kier molecular flexibility index (Phi) is 3.03. The van der Waals surface area contributed by atoms with Gasteiger partial charge in [-0.25, -0.2) is 4.67 Å². The minimum atomic E-state index is -2.44. The zero-order chi connectivity index (χ0) is 6.78. The topological polar surface area (TPSA) is 20.3 Å². The molecular weight excluding hydrogens is 144 g/mol. The molecule has 8 heavy (non-hydrogen) atoms. The second-order valence-corrected chi connectivity index (χ2v) is 6.03. The molecule has 0 spiro atoms. The molecule has 0 saturated carbocycles. The van der Waals surface area contributed by atoms with Gasteiger partial charge in [0.15, 0.2) is 0 Å². The van der Waals surface area contributed by atoms with Gasteiger partial charge in [0.25, 0.3) is 0 Å². The highest BCUT2D eigenvalue weighted by atomic mass is 35.7. The van der Waals surface area contributed by atoms with Crippen LogP contribution < -0.4 is 0 Å². The molecule has 1 unspecified atom stereocenters. The Hall–Kier alpha value is 0.480. The molecule has 0 bridgehead atoms. The van der Waals surface area contributed by atoms with E-state index in [2.05, 4.69) is 0 Å². The Morgan fingerprint density at radius 2 is 2.00 bits per heavy atom. The maximum absolute atomic E-state index is 11.0. The summed E-state index contributed by atoms with van der Waals surface area (Å²) in [6, 6.07) is 0. The van der Waals surface area contributed by atoms with Crippen LogP contribution in [0.4, 0.5) is 0 Å². The van der Waals surface area contributed by atoms with E-state index in [1.807, 2.05) is 6.92 Å². The van der Waals surface area contributed by atoms with Crippen LogP contribution in [-0.4, -0.2) is 24.9 Å². The highest BCUT2D eigenvalue weighted by molar-refractivity contribution is 7.87. The van der Waals surface area contributed by atoms with Gasteiger partial charge >= 0.3 is 0 Å². The predicted octanol–water partition coefficient (Wildman–Crippen LogP) is 2.00. The number of halogens is 1. The molecule has 0 rings (SSSR count).